The Morgan fingerprint density at radius 3 is 2.79 bits per heavy atom. The molecule has 6 nitrogen and oxygen atoms in total. The zero-order chi connectivity index (χ0) is 19.1. The zero-order valence-corrected chi connectivity index (χ0v) is 15.4. The van der Waals surface area contributed by atoms with E-state index < -0.39 is 0 Å². The molecule has 0 radical (unpaired) electrons. The van der Waals surface area contributed by atoms with Crippen molar-refractivity contribution in [2.75, 3.05) is 5.73 Å². The summed E-state index contributed by atoms with van der Waals surface area (Å²) in [5.74, 6) is 0.428. The topological polar surface area (TPSA) is 89.8 Å². The van der Waals surface area contributed by atoms with E-state index in [9.17, 15) is 5.11 Å². The van der Waals surface area contributed by atoms with Crippen molar-refractivity contribution in [3.05, 3.63) is 71.5 Å². The number of aryl methyl sites for hydroxylation is 1. The second-order valence-electron chi connectivity index (χ2n) is 7.27. The number of nitrogens with zero attached hydrogens (tertiary/aromatic N) is 4. The van der Waals surface area contributed by atoms with Crippen LogP contribution in [0.5, 0.6) is 0 Å². The number of rotatable bonds is 3. The third-order valence-electron chi connectivity index (χ3n) is 5.57. The first-order valence-corrected chi connectivity index (χ1v) is 9.50. The van der Waals surface area contributed by atoms with Crippen LogP contribution in [0.4, 0.5) is 5.82 Å². The number of nitrogen functional groups attached to an aromatic ring is 1. The number of aliphatic hydroxyl groups excluding tert-OH is 1. The van der Waals surface area contributed by atoms with Crippen LogP contribution in [0.3, 0.4) is 0 Å². The molecular weight excluding hydrogens is 350 g/mol. The molecule has 5 rings (SSSR count). The maximum atomic E-state index is 9.50. The highest BCUT2D eigenvalue weighted by molar-refractivity contribution is 5.98. The quantitative estimate of drug-likeness (QED) is 0.577. The van der Waals surface area contributed by atoms with Crippen molar-refractivity contribution in [2.45, 2.75) is 31.9 Å². The maximum absolute atomic E-state index is 9.50. The van der Waals surface area contributed by atoms with Gasteiger partial charge in [0.15, 0.2) is 5.65 Å². The van der Waals surface area contributed by atoms with Crippen molar-refractivity contribution in [3.63, 3.8) is 0 Å². The summed E-state index contributed by atoms with van der Waals surface area (Å²) in [6.07, 6.45) is 4.46. The van der Waals surface area contributed by atoms with E-state index in [0.717, 1.165) is 47.1 Å². The van der Waals surface area contributed by atoms with Gasteiger partial charge in [0, 0.05) is 5.56 Å². The molecule has 6 heteroatoms. The molecular formula is C22H21N5O. The van der Waals surface area contributed by atoms with E-state index in [-0.39, 0.29) is 12.6 Å². The predicted octanol–water partition coefficient (Wildman–Crippen LogP) is 3.30. The molecule has 140 valence electrons. The molecule has 1 atom stereocenters. The highest BCUT2D eigenvalue weighted by Gasteiger charge is 2.25. The Morgan fingerprint density at radius 2 is 1.93 bits per heavy atom. The first kappa shape index (κ1) is 16.9. The zero-order valence-electron chi connectivity index (χ0n) is 15.4. The fourth-order valence-electron chi connectivity index (χ4n) is 4.16. The van der Waals surface area contributed by atoms with Crippen LogP contribution < -0.4 is 5.73 Å². The van der Waals surface area contributed by atoms with Gasteiger partial charge < -0.3 is 10.8 Å². The van der Waals surface area contributed by atoms with Gasteiger partial charge in [-0.1, -0.05) is 42.5 Å². The van der Waals surface area contributed by atoms with E-state index in [2.05, 4.69) is 34.2 Å². The summed E-state index contributed by atoms with van der Waals surface area (Å²) in [5, 5.41) is 15.2. The van der Waals surface area contributed by atoms with E-state index in [1.54, 1.807) is 0 Å². The molecule has 3 N–H and O–H groups in total. The fourth-order valence-corrected chi connectivity index (χ4v) is 4.16. The van der Waals surface area contributed by atoms with Gasteiger partial charge in [-0.05, 0) is 42.0 Å². The first-order chi connectivity index (χ1) is 13.7. The van der Waals surface area contributed by atoms with E-state index in [1.165, 1.54) is 17.5 Å². The largest absolute Gasteiger partial charge is 0.392 e. The fraction of sp³-hybridized carbons (Fsp3) is 0.227. The monoisotopic (exact) mass is 371 g/mol. The van der Waals surface area contributed by atoms with Gasteiger partial charge in [-0.2, -0.15) is 5.10 Å². The predicted molar refractivity (Wildman–Crippen MR) is 109 cm³/mol. The van der Waals surface area contributed by atoms with E-state index in [4.69, 9.17) is 10.8 Å². The number of nitrogens with two attached hydrogens (primary N) is 1. The number of benzene rings is 2. The number of hydrogen-bond donors (Lipinski definition) is 2. The molecule has 4 aromatic rings. The lowest BCUT2D eigenvalue weighted by Crippen LogP contribution is -2.20. The van der Waals surface area contributed by atoms with Crippen LogP contribution in [0.25, 0.3) is 22.3 Å². The standard InChI is InChI=1S/C22H21N5O/c23-21-19-20(17-7-3-4-14(10-17)12-28)26-27(22(19)25-13-24-21)18-9-8-15-5-1-2-6-16(15)11-18/h1-7,10,13,18,28H,8-9,11-12H2,(H2,23,24,25). The van der Waals surface area contributed by atoms with Crippen LogP contribution in [-0.2, 0) is 19.4 Å². The molecule has 0 aliphatic heterocycles. The summed E-state index contributed by atoms with van der Waals surface area (Å²) < 4.78 is 2.02. The Morgan fingerprint density at radius 1 is 1.07 bits per heavy atom. The Hall–Kier alpha value is -3.25. The molecule has 0 saturated heterocycles. The molecule has 2 aromatic heterocycles. The van der Waals surface area contributed by atoms with Gasteiger partial charge in [0.1, 0.15) is 17.8 Å². The van der Waals surface area contributed by atoms with Crippen LogP contribution in [0.2, 0.25) is 0 Å². The minimum atomic E-state index is -0.0160. The van der Waals surface area contributed by atoms with Gasteiger partial charge in [-0.3, -0.25) is 0 Å². The molecule has 0 fully saturated rings. The molecule has 2 aromatic carbocycles. The summed E-state index contributed by atoms with van der Waals surface area (Å²) >= 11 is 0. The lowest BCUT2D eigenvalue weighted by molar-refractivity contribution is 0.282. The Balaban J connectivity index is 1.66. The second kappa shape index (κ2) is 6.73. The van der Waals surface area contributed by atoms with Crippen LogP contribution in [0.1, 0.15) is 29.2 Å². The molecule has 0 amide bonds. The van der Waals surface area contributed by atoms with Crippen LogP contribution in [0.15, 0.2) is 54.9 Å². The number of fused-ring (bicyclic) bond motifs is 2. The average molecular weight is 371 g/mol. The second-order valence-corrected chi connectivity index (χ2v) is 7.27. The van der Waals surface area contributed by atoms with Gasteiger partial charge in [0.05, 0.1) is 18.0 Å². The summed E-state index contributed by atoms with van der Waals surface area (Å²) in [5.41, 5.74) is 12.3. The minimum Gasteiger partial charge on any atom is -0.392 e. The van der Waals surface area contributed by atoms with Crippen molar-refractivity contribution < 1.29 is 5.11 Å². The molecule has 2 heterocycles. The molecule has 1 aliphatic carbocycles. The number of aromatic nitrogens is 4. The third kappa shape index (κ3) is 2.73. The molecule has 0 saturated carbocycles. The summed E-state index contributed by atoms with van der Waals surface area (Å²) in [7, 11) is 0. The van der Waals surface area contributed by atoms with Gasteiger partial charge in [-0.25, -0.2) is 14.6 Å². The number of anilines is 1. The van der Waals surface area contributed by atoms with Crippen molar-refractivity contribution in [3.8, 4) is 11.3 Å². The summed E-state index contributed by atoms with van der Waals surface area (Å²) in [6, 6.07) is 16.5. The van der Waals surface area contributed by atoms with Gasteiger partial charge in [0.2, 0.25) is 0 Å². The van der Waals surface area contributed by atoms with Crippen molar-refractivity contribution in [1.82, 2.24) is 19.7 Å². The molecule has 0 bridgehead atoms. The lowest BCUT2D eigenvalue weighted by Gasteiger charge is -2.25. The molecule has 0 spiro atoms. The third-order valence-corrected chi connectivity index (χ3v) is 5.57. The number of hydrogen-bond acceptors (Lipinski definition) is 5. The minimum absolute atomic E-state index is 0.0160. The molecule has 28 heavy (non-hydrogen) atoms. The van der Waals surface area contributed by atoms with E-state index in [0.29, 0.717) is 5.82 Å². The van der Waals surface area contributed by atoms with Crippen molar-refractivity contribution >= 4 is 16.9 Å². The molecule has 1 unspecified atom stereocenters. The lowest BCUT2D eigenvalue weighted by atomic mass is 9.88. The Labute approximate surface area is 162 Å². The highest BCUT2D eigenvalue weighted by Crippen LogP contribution is 2.35. The van der Waals surface area contributed by atoms with Gasteiger partial charge >= 0.3 is 0 Å². The van der Waals surface area contributed by atoms with Gasteiger partial charge in [-0.15, -0.1) is 0 Å². The van der Waals surface area contributed by atoms with Crippen molar-refractivity contribution in [2.24, 2.45) is 0 Å². The maximum Gasteiger partial charge on any atom is 0.164 e. The van der Waals surface area contributed by atoms with Crippen LogP contribution in [-0.4, -0.2) is 24.9 Å². The van der Waals surface area contributed by atoms with E-state index >= 15 is 0 Å². The average Bonchev–Trinajstić information content (AvgIpc) is 3.14. The first-order valence-electron chi connectivity index (χ1n) is 9.50. The number of aliphatic hydroxyl groups is 1. The smallest absolute Gasteiger partial charge is 0.164 e. The SMILES string of the molecule is Nc1ncnc2c1c(-c1cccc(CO)c1)nn2C1CCc2ccccc2C1. The van der Waals surface area contributed by atoms with Crippen LogP contribution in [0, 0.1) is 0 Å². The Bertz CT molecular complexity index is 1170. The van der Waals surface area contributed by atoms with Crippen molar-refractivity contribution in [1.29, 1.82) is 0 Å². The highest BCUT2D eigenvalue weighted by atomic mass is 16.3. The normalized spacial score (nSPS) is 16.2. The molecule has 1 aliphatic rings. The van der Waals surface area contributed by atoms with Crippen LogP contribution >= 0.6 is 0 Å². The summed E-state index contributed by atoms with van der Waals surface area (Å²) in [4.78, 5) is 8.72. The van der Waals surface area contributed by atoms with Gasteiger partial charge in [0.25, 0.3) is 0 Å². The summed E-state index contributed by atoms with van der Waals surface area (Å²) in [6.45, 7) is -0.0160. The van der Waals surface area contributed by atoms with E-state index in [1.807, 2.05) is 28.9 Å². The Kier molecular flexibility index (Phi) is 4.06.